The van der Waals surface area contributed by atoms with E-state index in [9.17, 15) is 4.79 Å². The van der Waals surface area contributed by atoms with E-state index in [1.807, 2.05) is 46.0 Å². The van der Waals surface area contributed by atoms with Crippen molar-refractivity contribution < 1.29 is 24.1 Å². The maximum Gasteiger partial charge on any atom is 0.317 e. The minimum atomic E-state index is -1.09. The van der Waals surface area contributed by atoms with Gasteiger partial charge in [0.25, 0.3) is 0 Å². The number of rotatable bonds is 9. The zero-order chi connectivity index (χ0) is 25.8. The van der Waals surface area contributed by atoms with Crippen molar-refractivity contribution in [3.05, 3.63) is 76.8 Å². The zero-order valence-corrected chi connectivity index (χ0v) is 21.6. The first-order chi connectivity index (χ1) is 17.9. The van der Waals surface area contributed by atoms with E-state index in [4.69, 9.17) is 42.5 Å². The lowest BCUT2D eigenvalue weighted by atomic mass is 10.1. The molecule has 2 saturated heterocycles. The Morgan fingerprint density at radius 2 is 1.92 bits per heavy atom. The molecule has 0 spiro atoms. The fourth-order valence-electron chi connectivity index (χ4n) is 4.67. The summed E-state index contributed by atoms with van der Waals surface area (Å²) in [6.07, 6.45) is 4.94. The molecule has 2 aliphatic heterocycles. The van der Waals surface area contributed by atoms with Crippen LogP contribution in [0.3, 0.4) is 0 Å². The molecule has 11 heteroatoms. The Balaban J connectivity index is 1.20. The van der Waals surface area contributed by atoms with Gasteiger partial charge in [-0.3, -0.25) is 9.69 Å². The number of hydrogen-bond acceptors (Lipinski definition) is 7. The number of imidazole rings is 1. The third kappa shape index (κ3) is 6.19. The Kier molecular flexibility index (Phi) is 7.87. The molecular formula is C26H28Cl2N4O5. The molecule has 37 heavy (non-hydrogen) atoms. The predicted molar refractivity (Wildman–Crippen MR) is 139 cm³/mol. The average Bonchev–Trinajstić information content (AvgIpc) is 3.54. The van der Waals surface area contributed by atoms with Gasteiger partial charge in [-0.25, -0.2) is 4.98 Å². The van der Waals surface area contributed by atoms with Gasteiger partial charge in [0.1, 0.15) is 18.5 Å². The quantitative estimate of drug-likeness (QED) is 0.434. The first kappa shape index (κ1) is 25.8. The molecule has 2 fully saturated rings. The molecule has 0 bridgehead atoms. The van der Waals surface area contributed by atoms with Gasteiger partial charge in [-0.05, 0) is 36.4 Å². The molecule has 2 aromatic carbocycles. The van der Waals surface area contributed by atoms with Crippen LogP contribution in [0, 0.1) is 0 Å². The van der Waals surface area contributed by atoms with E-state index >= 15 is 0 Å². The largest absolute Gasteiger partial charge is 0.491 e. The predicted octanol–water partition coefficient (Wildman–Crippen LogP) is 3.74. The van der Waals surface area contributed by atoms with E-state index in [1.54, 1.807) is 24.7 Å². The van der Waals surface area contributed by atoms with Crippen LogP contribution in [0.5, 0.6) is 5.75 Å². The van der Waals surface area contributed by atoms with Crippen LogP contribution in [-0.4, -0.2) is 77.6 Å². The first-order valence-corrected chi connectivity index (χ1v) is 12.8. The molecule has 0 radical (unpaired) electrons. The summed E-state index contributed by atoms with van der Waals surface area (Å²) < 4.78 is 20.6. The zero-order valence-electron chi connectivity index (χ0n) is 20.1. The van der Waals surface area contributed by atoms with Gasteiger partial charge >= 0.3 is 5.97 Å². The number of anilines is 1. The van der Waals surface area contributed by atoms with Crippen molar-refractivity contribution in [3.8, 4) is 5.75 Å². The summed E-state index contributed by atoms with van der Waals surface area (Å²) in [6.45, 7) is 4.13. The monoisotopic (exact) mass is 546 g/mol. The summed E-state index contributed by atoms with van der Waals surface area (Å²) in [5, 5.41) is 9.98. The molecule has 0 amide bonds. The first-order valence-electron chi connectivity index (χ1n) is 12.1. The summed E-state index contributed by atoms with van der Waals surface area (Å²) >= 11 is 12.7. The molecule has 1 aromatic heterocycles. The van der Waals surface area contributed by atoms with Crippen molar-refractivity contribution in [3.63, 3.8) is 0 Å². The van der Waals surface area contributed by atoms with Gasteiger partial charge in [-0.1, -0.05) is 29.3 Å². The molecule has 2 unspecified atom stereocenters. The molecule has 2 atom stereocenters. The maximum atomic E-state index is 10.9. The van der Waals surface area contributed by atoms with Crippen LogP contribution < -0.4 is 9.64 Å². The summed E-state index contributed by atoms with van der Waals surface area (Å²) in [5.74, 6) is -1.15. The molecule has 2 aliphatic rings. The van der Waals surface area contributed by atoms with Crippen LogP contribution in [0.25, 0.3) is 0 Å². The van der Waals surface area contributed by atoms with Gasteiger partial charge in [0.2, 0.25) is 5.79 Å². The number of carboxylic acid groups (broad SMARTS) is 1. The summed E-state index contributed by atoms with van der Waals surface area (Å²) in [6, 6.07) is 13.2. The van der Waals surface area contributed by atoms with Crippen molar-refractivity contribution in [2.45, 2.75) is 18.4 Å². The molecule has 9 nitrogen and oxygen atoms in total. The highest BCUT2D eigenvalue weighted by Crippen LogP contribution is 2.40. The Hall–Kier alpha value is -2.82. The highest BCUT2D eigenvalue weighted by atomic mass is 35.5. The van der Waals surface area contributed by atoms with Gasteiger partial charge in [0, 0.05) is 54.8 Å². The fraction of sp³-hybridized carbons (Fsp3) is 0.385. The topological polar surface area (TPSA) is 89.3 Å². The molecule has 3 aromatic rings. The van der Waals surface area contributed by atoms with E-state index in [-0.39, 0.29) is 12.6 Å². The van der Waals surface area contributed by atoms with Gasteiger partial charge < -0.3 is 28.8 Å². The number of nitrogens with zero attached hydrogens (tertiary/aromatic N) is 4. The minimum Gasteiger partial charge on any atom is -0.491 e. The van der Waals surface area contributed by atoms with Crippen LogP contribution in [0.2, 0.25) is 10.0 Å². The van der Waals surface area contributed by atoms with Crippen LogP contribution >= 0.6 is 23.2 Å². The van der Waals surface area contributed by atoms with E-state index < -0.39 is 11.8 Å². The summed E-state index contributed by atoms with van der Waals surface area (Å²) in [4.78, 5) is 19.2. The lowest BCUT2D eigenvalue weighted by molar-refractivity contribution is -0.189. The summed E-state index contributed by atoms with van der Waals surface area (Å²) in [5.41, 5.74) is 1.78. The van der Waals surface area contributed by atoms with Gasteiger partial charge in [0.05, 0.1) is 31.0 Å². The second kappa shape index (κ2) is 11.3. The van der Waals surface area contributed by atoms with Crippen molar-refractivity contribution in [1.29, 1.82) is 0 Å². The van der Waals surface area contributed by atoms with Crippen LogP contribution in [-0.2, 0) is 26.6 Å². The summed E-state index contributed by atoms with van der Waals surface area (Å²) in [7, 11) is 0. The number of halogens is 2. The maximum absolute atomic E-state index is 10.9. The van der Waals surface area contributed by atoms with Crippen LogP contribution in [0.1, 0.15) is 5.56 Å². The highest BCUT2D eigenvalue weighted by Gasteiger charge is 2.45. The Morgan fingerprint density at radius 3 is 2.59 bits per heavy atom. The molecule has 1 N–H and O–H groups in total. The molecule has 0 saturated carbocycles. The van der Waals surface area contributed by atoms with E-state index in [2.05, 4.69) is 9.88 Å². The van der Waals surface area contributed by atoms with Gasteiger partial charge in [-0.2, -0.15) is 0 Å². The Bertz CT molecular complexity index is 1200. The number of carboxylic acids is 1. The van der Waals surface area contributed by atoms with Gasteiger partial charge in [-0.15, -0.1) is 0 Å². The van der Waals surface area contributed by atoms with Crippen molar-refractivity contribution in [2.75, 3.05) is 50.8 Å². The lowest BCUT2D eigenvalue weighted by Gasteiger charge is -2.35. The smallest absolute Gasteiger partial charge is 0.317 e. The van der Waals surface area contributed by atoms with Crippen LogP contribution in [0.4, 0.5) is 5.69 Å². The van der Waals surface area contributed by atoms with Gasteiger partial charge in [0.15, 0.2) is 0 Å². The lowest BCUT2D eigenvalue weighted by Crippen LogP contribution is -2.47. The third-order valence-electron chi connectivity index (χ3n) is 6.52. The fourth-order valence-corrected chi connectivity index (χ4v) is 5.23. The molecule has 3 heterocycles. The normalized spacial score (nSPS) is 22.3. The molecule has 0 aliphatic carbocycles. The molecular weight excluding hydrogens is 519 g/mol. The Morgan fingerprint density at radius 1 is 1.14 bits per heavy atom. The van der Waals surface area contributed by atoms with Crippen molar-refractivity contribution in [1.82, 2.24) is 14.5 Å². The number of benzene rings is 2. The average molecular weight is 547 g/mol. The van der Waals surface area contributed by atoms with E-state index in [0.29, 0.717) is 35.4 Å². The number of ether oxygens (including phenoxy) is 3. The second-order valence-electron chi connectivity index (χ2n) is 9.12. The minimum absolute atomic E-state index is 0.0847. The van der Waals surface area contributed by atoms with Crippen molar-refractivity contribution >= 4 is 34.9 Å². The van der Waals surface area contributed by atoms with Crippen molar-refractivity contribution in [2.24, 2.45) is 0 Å². The Labute approximate surface area is 225 Å². The standard InChI is InChI=1S/C26H28Cl2N4O5/c27-19-1-6-23(24(28)13-19)26(17-31-8-7-29-18-31)36-16-22(37-26)15-35-21-4-2-20(3-5-21)32-11-9-30(10-12-32)14-25(33)34/h1-8,13,18,22H,9-12,14-17H2,(H,33,34). The SMILES string of the molecule is O=C(O)CN1CCN(c2ccc(OCC3COC(Cn4ccnc4)(c4ccc(Cl)cc4Cl)O3)cc2)CC1. The highest BCUT2D eigenvalue weighted by molar-refractivity contribution is 6.35. The second-order valence-corrected chi connectivity index (χ2v) is 9.97. The van der Waals surface area contributed by atoms with Crippen LogP contribution in [0.15, 0.2) is 61.2 Å². The third-order valence-corrected chi connectivity index (χ3v) is 7.07. The van der Waals surface area contributed by atoms with E-state index in [0.717, 1.165) is 37.6 Å². The van der Waals surface area contributed by atoms with E-state index in [1.165, 1.54) is 0 Å². The number of carbonyl (C=O) groups is 1. The number of aliphatic carboxylic acids is 1. The molecule has 196 valence electrons. The number of aromatic nitrogens is 2. The molecule has 5 rings (SSSR count). The number of hydrogen-bond donors (Lipinski definition) is 1. The number of piperazine rings is 1.